The topological polar surface area (TPSA) is 64.4 Å². The fourth-order valence-electron chi connectivity index (χ4n) is 2.41. The molecule has 4 heteroatoms. The van der Waals surface area contributed by atoms with Gasteiger partial charge in [0.2, 0.25) is 5.91 Å². The molecule has 1 heterocycles. The molecule has 1 aliphatic heterocycles. The maximum atomic E-state index is 12.4. The largest absolute Gasteiger partial charge is 0.381 e. The molecule has 0 aromatic carbocycles. The van der Waals surface area contributed by atoms with Crippen LogP contribution in [0.2, 0.25) is 0 Å². The molecule has 3 N–H and O–H groups in total. The summed E-state index contributed by atoms with van der Waals surface area (Å²) in [4.78, 5) is 12.4. The smallest absolute Gasteiger partial charge is 0.228 e. The molecule has 1 saturated heterocycles. The van der Waals surface area contributed by atoms with Crippen LogP contribution in [-0.2, 0) is 9.53 Å². The number of rotatable bonds is 5. The monoisotopic (exact) mass is 242 g/mol. The lowest BCUT2D eigenvalue weighted by Gasteiger charge is -2.38. The van der Waals surface area contributed by atoms with E-state index < -0.39 is 5.41 Å². The Bertz CT molecular complexity index is 258. The second kappa shape index (κ2) is 5.83. The lowest BCUT2D eigenvalue weighted by Crippen LogP contribution is -2.54. The van der Waals surface area contributed by atoms with E-state index in [4.69, 9.17) is 10.5 Å². The highest BCUT2D eigenvalue weighted by molar-refractivity contribution is 5.83. The van der Waals surface area contributed by atoms with Gasteiger partial charge in [0.05, 0.1) is 5.41 Å². The van der Waals surface area contributed by atoms with E-state index >= 15 is 0 Å². The van der Waals surface area contributed by atoms with Crippen molar-refractivity contribution in [2.24, 2.45) is 11.1 Å². The molecule has 0 spiro atoms. The van der Waals surface area contributed by atoms with Crippen molar-refractivity contribution in [1.82, 2.24) is 5.32 Å². The zero-order valence-corrected chi connectivity index (χ0v) is 11.3. The predicted octanol–water partition coefficient (Wildman–Crippen LogP) is 1.44. The Morgan fingerprint density at radius 1 is 1.41 bits per heavy atom. The number of nitrogens with two attached hydrogens (primary N) is 1. The van der Waals surface area contributed by atoms with Gasteiger partial charge in [-0.3, -0.25) is 4.79 Å². The van der Waals surface area contributed by atoms with E-state index in [0.29, 0.717) is 19.8 Å². The van der Waals surface area contributed by atoms with Crippen LogP contribution in [0.5, 0.6) is 0 Å². The highest BCUT2D eigenvalue weighted by Gasteiger charge is 2.40. The van der Waals surface area contributed by atoms with Crippen molar-refractivity contribution in [1.29, 1.82) is 0 Å². The Hall–Kier alpha value is -0.610. The van der Waals surface area contributed by atoms with Gasteiger partial charge in [-0.25, -0.2) is 0 Å². The fraction of sp³-hybridized carbons (Fsp3) is 0.923. The van der Waals surface area contributed by atoms with Gasteiger partial charge in [-0.2, -0.15) is 0 Å². The van der Waals surface area contributed by atoms with Crippen molar-refractivity contribution in [2.45, 2.75) is 52.0 Å². The van der Waals surface area contributed by atoms with Crippen molar-refractivity contribution in [3.8, 4) is 0 Å². The summed E-state index contributed by atoms with van der Waals surface area (Å²) in [6.45, 7) is 7.94. The van der Waals surface area contributed by atoms with Gasteiger partial charge in [0, 0.05) is 25.3 Å². The molecular weight excluding hydrogens is 216 g/mol. The average Bonchev–Trinajstić information content (AvgIpc) is 2.29. The number of amides is 1. The SMILES string of the molecule is CCCC(C)(C)NC(=O)C1(CN)CCOCC1. The summed E-state index contributed by atoms with van der Waals surface area (Å²) in [7, 11) is 0. The summed E-state index contributed by atoms with van der Waals surface area (Å²) >= 11 is 0. The first-order valence-corrected chi connectivity index (χ1v) is 6.56. The first-order chi connectivity index (χ1) is 7.96. The second-order valence-corrected chi connectivity index (χ2v) is 5.68. The van der Waals surface area contributed by atoms with Crippen molar-refractivity contribution in [3.05, 3.63) is 0 Å². The molecule has 4 nitrogen and oxygen atoms in total. The Kier molecular flexibility index (Phi) is 4.95. The molecule has 0 aromatic rings. The normalized spacial score (nSPS) is 20.0. The predicted molar refractivity (Wildman–Crippen MR) is 68.7 cm³/mol. The van der Waals surface area contributed by atoms with Crippen LogP contribution in [-0.4, -0.2) is 31.2 Å². The molecule has 0 aliphatic carbocycles. The van der Waals surface area contributed by atoms with Gasteiger partial charge < -0.3 is 15.8 Å². The molecular formula is C13H26N2O2. The molecule has 0 aromatic heterocycles. The van der Waals surface area contributed by atoms with Gasteiger partial charge in [0.25, 0.3) is 0 Å². The van der Waals surface area contributed by atoms with Crippen molar-refractivity contribution >= 4 is 5.91 Å². The number of ether oxygens (including phenoxy) is 1. The maximum Gasteiger partial charge on any atom is 0.228 e. The molecule has 100 valence electrons. The summed E-state index contributed by atoms with van der Waals surface area (Å²) in [5, 5.41) is 3.14. The number of hydrogen-bond acceptors (Lipinski definition) is 3. The molecule has 1 amide bonds. The molecule has 0 atom stereocenters. The van der Waals surface area contributed by atoms with E-state index in [1.54, 1.807) is 0 Å². The van der Waals surface area contributed by atoms with Gasteiger partial charge in [-0.15, -0.1) is 0 Å². The first kappa shape index (κ1) is 14.5. The summed E-state index contributed by atoms with van der Waals surface area (Å²) in [5.41, 5.74) is 5.26. The highest BCUT2D eigenvalue weighted by atomic mass is 16.5. The minimum Gasteiger partial charge on any atom is -0.381 e. The van der Waals surface area contributed by atoms with E-state index in [1.807, 2.05) is 0 Å². The quantitative estimate of drug-likeness (QED) is 0.766. The highest BCUT2D eigenvalue weighted by Crippen LogP contribution is 2.30. The molecule has 0 unspecified atom stereocenters. The lowest BCUT2D eigenvalue weighted by molar-refractivity contribution is -0.137. The maximum absolute atomic E-state index is 12.4. The number of hydrogen-bond donors (Lipinski definition) is 2. The second-order valence-electron chi connectivity index (χ2n) is 5.68. The van der Waals surface area contributed by atoms with Crippen molar-refractivity contribution < 1.29 is 9.53 Å². The van der Waals surface area contributed by atoms with Gasteiger partial charge in [-0.05, 0) is 33.1 Å². The van der Waals surface area contributed by atoms with Crippen LogP contribution >= 0.6 is 0 Å². The summed E-state index contributed by atoms with van der Waals surface area (Å²) in [5.74, 6) is 0.0988. The number of nitrogens with one attached hydrogen (secondary N) is 1. The number of carbonyl (C=O) groups is 1. The third-order valence-corrected chi connectivity index (χ3v) is 3.65. The van der Waals surface area contributed by atoms with Crippen LogP contribution in [0.25, 0.3) is 0 Å². The summed E-state index contributed by atoms with van der Waals surface area (Å²) < 4.78 is 5.32. The van der Waals surface area contributed by atoms with Gasteiger partial charge in [-0.1, -0.05) is 13.3 Å². The van der Waals surface area contributed by atoms with Crippen LogP contribution < -0.4 is 11.1 Å². The summed E-state index contributed by atoms with van der Waals surface area (Å²) in [6, 6.07) is 0. The van der Waals surface area contributed by atoms with Gasteiger partial charge in [0.15, 0.2) is 0 Å². The number of carbonyl (C=O) groups excluding carboxylic acids is 1. The molecule has 1 rings (SSSR count). The average molecular weight is 242 g/mol. The Labute approximate surface area is 104 Å². The Morgan fingerprint density at radius 2 is 2.00 bits per heavy atom. The Morgan fingerprint density at radius 3 is 2.47 bits per heavy atom. The van der Waals surface area contributed by atoms with E-state index in [0.717, 1.165) is 25.7 Å². The molecule has 0 saturated carbocycles. The van der Waals surface area contributed by atoms with E-state index in [-0.39, 0.29) is 11.4 Å². The van der Waals surface area contributed by atoms with Crippen LogP contribution in [0.4, 0.5) is 0 Å². The van der Waals surface area contributed by atoms with Crippen molar-refractivity contribution in [2.75, 3.05) is 19.8 Å². The first-order valence-electron chi connectivity index (χ1n) is 6.56. The van der Waals surface area contributed by atoms with E-state index in [1.165, 1.54) is 0 Å². The third-order valence-electron chi connectivity index (χ3n) is 3.65. The lowest BCUT2D eigenvalue weighted by atomic mass is 9.78. The third kappa shape index (κ3) is 3.68. The zero-order valence-electron chi connectivity index (χ0n) is 11.3. The van der Waals surface area contributed by atoms with Crippen LogP contribution in [0, 0.1) is 5.41 Å². The Balaban J connectivity index is 2.66. The van der Waals surface area contributed by atoms with Crippen LogP contribution in [0.3, 0.4) is 0 Å². The molecule has 1 aliphatic rings. The zero-order chi connectivity index (χ0) is 12.9. The van der Waals surface area contributed by atoms with Crippen molar-refractivity contribution in [3.63, 3.8) is 0 Å². The standard InChI is InChI=1S/C13H26N2O2/c1-4-5-12(2,3)15-11(16)13(10-14)6-8-17-9-7-13/h4-10,14H2,1-3H3,(H,15,16). The minimum absolute atomic E-state index is 0.0988. The molecule has 0 bridgehead atoms. The summed E-state index contributed by atoms with van der Waals surface area (Å²) in [6.07, 6.45) is 3.51. The van der Waals surface area contributed by atoms with Gasteiger partial charge >= 0.3 is 0 Å². The molecule has 0 radical (unpaired) electrons. The van der Waals surface area contributed by atoms with E-state index in [2.05, 4.69) is 26.1 Å². The fourth-order valence-corrected chi connectivity index (χ4v) is 2.41. The molecule has 17 heavy (non-hydrogen) atoms. The van der Waals surface area contributed by atoms with Gasteiger partial charge in [0.1, 0.15) is 0 Å². The van der Waals surface area contributed by atoms with E-state index in [9.17, 15) is 4.79 Å². The van der Waals surface area contributed by atoms with Crippen LogP contribution in [0.1, 0.15) is 46.5 Å². The molecule has 1 fully saturated rings. The minimum atomic E-state index is -0.413. The van der Waals surface area contributed by atoms with Crippen LogP contribution in [0.15, 0.2) is 0 Å².